The van der Waals surface area contributed by atoms with E-state index in [4.69, 9.17) is 0 Å². The van der Waals surface area contributed by atoms with E-state index in [1.165, 1.54) is 57.8 Å². The summed E-state index contributed by atoms with van der Waals surface area (Å²) in [5.41, 5.74) is 5.50. The molecule has 0 aromatic rings. The molecule has 0 saturated carbocycles. The van der Waals surface area contributed by atoms with Crippen LogP contribution in [0.2, 0.25) is 0 Å². The Morgan fingerprint density at radius 1 is 1.00 bits per heavy atom. The predicted molar refractivity (Wildman–Crippen MR) is 60.2 cm³/mol. The summed E-state index contributed by atoms with van der Waals surface area (Å²) in [6, 6.07) is 0. The van der Waals surface area contributed by atoms with Crippen LogP contribution in [0.5, 0.6) is 0 Å². The van der Waals surface area contributed by atoms with Gasteiger partial charge in [-0.05, 0) is 63.7 Å². The monoisotopic (exact) mass is 188 g/mol. The van der Waals surface area contributed by atoms with Crippen LogP contribution >= 0.6 is 0 Å². The van der Waals surface area contributed by atoms with Crippen LogP contribution in [0.3, 0.4) is 0 Å². The van der Waals surface area contributed by atoms with Crippen LogP contribution in [0.4, 0.5) is 0 Å². The zero-order valence-electron chi connectivity index (χ0n) is 9.02. The number of fused-ring (bicyclic) bond motifs is 1. The first-order valence-electron chi connectivity index (χ1n) is 6.32. The minimum atomic E-state index is 0.959. The lowest BCUT2D eigenvalue weighted by atomic mass is 9.71. The van der Waals surface area contributed by atoms with Crippen LogP contribution in [-0.4, -0.2) is 0 Å². The normalized spacial score (nSPS) is 32.0. The summed E-state index contributed by atoms with van der Waals surface area (Å²) in [6.45, 7) is 0. The van der Waals surface area contributed by atoms with Crippen LogP contribution < -0.4 is 0 Å². The molecule has 3 aliphatic rings. The molecule has 0 radical (unpaired) electrons. The fourth-order valence-electron chi connectivity index (χ4n) is 3.49. The van der Waals surface area contributed by atoms with Gasteiger partial charge in [0.2, 0.25) is 0 Å². The van der Waals surface area contributed by atoms with E-state index in [9.17, 15) is 0 Å². The fourth-order valence-corrected chi connectivity index (χ4v) is 3.49. The van der Waals surface area contributed by atoms with Crippen molar-refractivity contribution in [3.63, 3.8) is 0 Å². The molecule has 0 nitrogen and oxygen atoms in total. The highest BCUT2D eigenvalue weighted by atomic mass is 14.3. The maximum Gasteiger partial charge on any atom is -0.0103 e. The van der Waals surface area contributed by atoms with Crippen LogP contribution in [0, 0.1) is 5.92 Å². The number of hydrogen-bond donors (Lipinski definition) is 0. The molecule has 0 heterocycles. The van der Waals surface area contributed by atoms with Crippen molar-refractivity contribution in [2.45, 2.75) is 57.8 Å². The summed E-state index contributed by atoms with van der Waals surface area (Å²) in [6.07, 6.45) is 15.4. The second kappa shape index (κ2) is 3.56. The Labute approximate surface area is 87.1 Å². The lowest BCUT2D eigenvalue weighted by Crippen LogP contribution is -2.18. The topological polar surface area (TPSA) is 0 Å². The zero-order valence-corrected chi connectivity index (χ0v) is 9.02. The first-order valence-corrected chi connectivity index (χ1v) is 6.32. The maximum atomic E-state index is 2.55. The molecule has 0 N–H and O–H groups in total. The average molecular weight is 188 g/mol. The van der Waals surface area contributed by atoms with Crippen molar-refractivity contribution >= 4 is 0 Å². The molecule has 14 heavy (non-hydrogen) atoms. The van der Waals surface area contributed by atoms with Gasteiger partial charge in [0.25, 0.3) is 0 Å². The van der Waals surface area contributed by atoms with Crippen molar-refractivity contribution in [3.05, 3.63) is 22.8 Å². The fraction of sp³-hybridized carbons (Fsp3) is 0.714. The summed E-state index contributed by atoms with van der Waals surface area (Å²) in [5, 5.41) is 0. The summed E-state index contributed by atoms with van der Waals surface area (Å²) < 4.78 is 0. The summed E-state index contributed by atoms with van der Waals surface area (Å²) in [4.78, 5) is 0. The summed E-state index contributed by atoms with van der Waals surface area (Å²) in [5.74, 6) is 0.959. The zero-order chi connectivity index (χ0) is 9.38. The molecule has 3 aliphatic carbocycles. The van der Waals surface area contributed by atoms with E-state index >= 15 is 0 Å². The van der Waals surface area contributed by atoms with Crippen molar-refractivity contribution in [2.75, 3.05) is 0 Å². The van der Waals surface area contributed by atoms with Crippen LogP contribution in [0.1, 0.15) is 57.8 Å². The second-order valence-electron chi connectivity index (χ2n) is 5.20. The molecule has 0 aromatic heterocycles. The van der Waals surface area contributed by atoms with Crippen LogP contribution in [0.15, 0.2) is 22.8 Å². The Hall–Kier alpha value is -0.520. The molecular weight excluding hydrogens is 168 g/mol. The molecule has 0 saturated heterocycles. The van der Waals surface area contributed by atoms with Gasteiger partial charge >= 0.3 is 0 Å². The van der Waals surface area contributed by atoms with Gasteiger partial charge in [-0.15, -0.1) is 0 Å². The average Bonchev–Trinajstić information content (AvgIpc) is 2.26. The van der Waals surface area contributed by atoms with Crippen molar-refractivity contribution in [2.24, 2.45) is 5.92 Å². The Morgan fingerprint density at radius 3 is 2.79 bits per heavy atom. The first kappa shape index (κ1) is 8.76. The highest BCUT2D eigenvalue weighted by Crippen LogP contribution is 2.44. The number of hydrogen-bond acceptors (Lipinski definition) is 0. The quantitative estimate of drug-likeness (QED) is 0.495. The van der Waals surface area contributed by atoms with Gasteiger partial charge in [-0.25, -0.2) is 0 Å². The smallest absolute Gasteiger partial charge is 0.0103 e. The molecule has 76 valence electrons. The Bertz CT molecular complexity index is 293. The SMILES string of the molecule is C1=C2CC3=C(CCCC3)CC2CCC1. The highest BCUT2D eigenvalue weighted by molar-refractivity contribution is 5.31. The standard InChI is InChI=1S/C14H20/c1-2-6-12-10-14-8-4-3-7-13(14)9-11(12)5-1/h5,12H,1-4,6-10H2. The predicted octanol–water partition coefficient (Wildman–Crippen LogP) is 4.38. The molecular formula is C14H20. The van der Waals surface area contributed by atoms with E-state index in [0.29, 0.717) is 0 Å². The van der Waals surface area contributed by atoms with E-state index in [-0.39, 0.29) is 0 Å². The Balaban J connectivity index is 1.87. The van der Waals surface area contributed by atoms with Gasteiger partial charge in [-0.1, -0.05) is 22.8 Å². The van der Waals surface area contributed by atoms with E-state index in [1.54, 1.807) is 5.57 Å². The highest BCUT2D eigenvalue weighted by Gasteiger charge is 2.27. The van der Waals surface area contributed by atoms with Gasteiger partial charge in [-0.2, -0.15) is 0 Å². The van der Waals surface area contributed by atoms with E-state index in [1.807, 2.05) is 11.1 Å². The number of rotatable bonds is 0. The van der Waals surface area contributed by atoms with E-state index in [2.05, 4.69) is 6.08 Å². The third-order valence-corrected chi connectivity index (χ3v) is 4.31. The molecule has 0 aromatic carbocycles. The van der Waals surface area contributed by atoms with Crippen molar-refractivity contribution in [1.29, 1.82) is 0 Å². The largest absolute Gasteiger partial charge is 0.0847 e. The minimum Gasteiger partial charge on any atom is -0.0847 e. The van der Waals surface area contributed by atoms with Crippen molar-refractivity contribution < 1.29 is 0 Å². The van der Waals surface area contributed by atoms with Gasteiger partial charge in [0.1, 0.15) is 0 Å². The summed E-state index contributed by atoms with van der Waals surface area (Å²) in [7, 11) is 0. The van der Waals surface area contributed by atoms with Gasteiger partial charge in [-0.3, -0.25) is 0 Å². The summed E-state index contributed by atoms with van der Waals surface area (Å²) >= 11 is 0. The molecule has 0 aliphatic heterocycles. The van der Waals surface area contributed by atoms with Crippen LogP contribution in [0.25, 0.3) is 0 Å². The molecule has 0 bridgehead atoms. The van der Waals surface area contributed by atoms with Gasteiger partial charge < -0.3 is 0 Å². The molecule has 0 spiro atoms. The lowest BCUT2D eigenvalue weighted by molar-refractivity contribution is 0.452. The Kier molecular flexibility index (Phi) is 2.23. The van der Waals surface area contributed by atoms with Crippen molar-refractivity contribution in [3.8, 4) is 0 Å². The maximum absolute atomic E-state index is 2.55. The number of allylic oxidation sites excluding steroid dienone is 4. The minimum absolute atomic E-state index is 0.959. The third-order valence-electron chi connectivity index (χ3n) is 4.31. The molecule has 1 unspecified atom stereocenters. The molecule has 0 amide bonds. The van der Waals surface area contributed by atoms with E-state index < -0.39 is 0 Å². The molecule has 0 heteroatoms. The van der Waals surface area contributed by atoms with Gasteiger partial charge in [0.05, 0.1) is 0 Å². The molecule has 1 atom stereocenters. The second-order valence-corrected chi connectivity index (χ2v) is 5.20. The Morgan fingerprint density at radius 2 is 1.86 bits per heavy atom. The first-order chi connectivity index (χ1) is 6.93. The molecule has 3 rings (SSSR count). The van der Waals surface area contributed by atoms with Gasteiger partial charge in [0.15, 0.2) is 0 Å². The molecule has 0 fully saturated rings. The third kappa shape index (κ3) is 1.45. The van der Waals surface area contributed by atoms with Crippen molar-refractivity contribution in [1.82, 2.24) is 0 Å². The van der Waals surface area contributed by atoms with E-state index in [0.717, 1.165) is 5.92 Å². The van der Waals surface area contributed by atoms with Crippen LogP contribution in [-0.2, 0) is 0 Å². The van der Waals surface area contributed by atoms with Gasteiger partial charge in [0, 0.05) is 0 Å². The lowest BCUT2D eigenvalue weighted by Gasteiger charge is -2.34.